The second-order valence-electron chi connectivity index (χ2n) is 9.67. The molecule has 8 nitrogen and oxygen atoms in total. The van der Waals surface area contributed by atoms with E-state index >= 15 is 0 Å². The number of carbonyl (C=O) groups excluding carboxylic acids is 2. The third-order valence-corrected chi connectivity index (χ3v) is 8.52. The molecular formula is C31H39N3O5S. The van der Waals surface area contributed by atoms with Crippen LogP contribution in [-0.4, -0.2) is 57.9 Å². The van der Waals surface area contributed by atoms with Crippen molar-refractivity contribution in [2.75, 3.05) is 31.0 Å². The summed E-state index contributed by atoms with van der Waals surface area (Å²) in [5, 5.41) is 2.90. The lowest BCUT2D eigenvalue weighted by molar-refractivity contribution is -0.138. The van der Waals surface area contributed by atoms with Crippen LogP contribution in [0, 0.1) is 6.92 Å². The van der Waals surface area contributed by atoms with E-state index in [0.29, 0.717) is 24.4 Å². The Morgan fingerprint density at radius 1 is 0.950 bits per heavy atom. The van der Waals surface area contributed by atoms with Gasteiger partial charge in [0, 0.05) is 13.1 Å². The van der Waals surface area contributed by atoms with Crippen LogP contribution in [0.15, 0.2) is 83.8 Å². The molecule has 2 amide bonds. The van der Waals surface area contributed by atoms with Crippen LogP contribution in [0.2, 0.25) is 0 Å². The van der Waals surface area contributed by atoms with Crippen molar-refractivity contribution in [2.24, 2.45) is 0 Å². The molecule has 0 aliphatic heterocycles. The highest BCUT2D eigenvalue weighted by atomic mass is 32.2. The molecule has 0 aliphatic carbocycles. The van der Waals surface area contributed by atoms with E-state index < -0.39 is 28.5 Å². The first-order chi connectivity index (χ1) is 19.2. The van der Waals surface area contributed by atoms with Gasteiger partial charge >= 0.3 is 0 Å². The van der Waals surface area contributed by atoms with Crippen LogP contribution in [0.4, 0.5) is 5.69 Å². The summed E-state index contributed by atoms with van der Waals surface area (Å²) in [6, 6.07) is 21.9. The standard InChI is InChI=1S/C31H39N3O5S/c1-5-6-21-32-31(36)25(3)33(22-20-26-10-8-7-9-11-26)30(35)23-34(27-14-16-28(39-4)17-15-27)40(37,38)29-18-12-24(2)13-19-29/h7-19,25H,5-6,20-23H2,1-4H3,(H,32,36)/t25-/m1/s1. The van der Waals surface area contributed by atoms with Crippen molar-refractivity contribution in [1.82, 2.24) is 10.2 Å². The van der Waals surface area contributed by atoms with Gasteiger partial charge in [-0.15, -0.1) is 0 Å². The van der Waals surface area contributed by atoms with Crippen molar-refractivity contribution in [3.8, 4) is 5.75 Å². The molecule has 0 aromatic heterocycles. The Balaban J connectivity index is 1.95. The van der Waals surface area contributed by atoms with Crippen LogP contribution < -0.4 is 14.4 Å². The van der Waals surface area contributed by atoms with E-state index in [2.05, 4.69) is 5.32 Å². The van der Waals surface area contributed by atoms with Crippen LogP contribution in [0.3, 0.4) is 0 Å². The normalized spacial score (nSPS) is 11.9. The predicted molar refractivity (Wildman–Crippen MR) is 158 cm³/mol. The average Bonchev–Trinajstić information content (AvgIpc) is 2.96. The van der Waals surface area contributed by atoms with Gasteiger partial charge in [-0.3, -0.25) is 13.9 Å². The third kappa shape index (κ3) is 8.08. The van der Waals surface area contributed by atoms with E-state index in [1.54, 1.807) is 43.3 Å². The van der Waals surface area contributed by atoms with E-state index in [1.165, 1.54) is 24.1 Å². The summed E-state index contributed by atoms with van der Waals surface area (Å²) < 4.78 is 34.0. The molecule has 3 aromatic rings. The van der Waals surface area contributed by atoms with Crippen LogP contribution in [0.1, 0.15) is 37.8 Å². The van der Waals surface area contributed by atoms with E-state index in [0.717, 1.165) is 28.3 Å². The number of aryl methyl sites for hydroxylation is 1. The Kier molecular flexibility index (Phi) is 11.1. The van der Waals surface area contributed by atoms with Gasteiger partial charge < -0.3 is 15.0 Å². The van der Waals surface area contributed by atoms with Crippen molar-refractivity contribution < 1.29 is 22.7 Å². The highest BCUT2D eigenvalue weighted by molar-refractivity contribution is 7.92. The monoisotopic (exact) mass is 565 g/mol. The number of nitrogens with one attached hydrogen (secondary N) is 1. The van der Waals surface area contributed by atoms with Gasteiger partial charge in [-0.25, -0.2) is 8.42 Å². The molecular weight excluding hydrogens is 526 g/mol. The maximum Gasteiger partial charge on any atom is 0.264 e. The SMILES string of the molecule is CCCCNC(=O)[C@@H](C)N(CCc1ccccc1)C(=O)CN(c1ccc(OC)cc1)S(=O)(=O)c1ccc(C)cc1. The van der Waals surface area contributed by atoms with Gasteiger partial charge in [-0.2, -0.15) is 0 Å². The van der Waals surface area contributed by atoms with Crippen LogP contribution >= 0.6 is 0 Å². The Morgan fingerprint density at radius 2 is 1.60 bits per heavy atom. The fourth-order valence-electron chi connectivity index (χ4n) is 4.22. The van der Waals surface area contributed by atoms with Gasteiger partial charge in [-0.05, 0) is 68.7 Å². The second kappa shape index (κ2) is 14.5. The number of benzene rings is 3. The van der Waals surface area contributed by atoms with Crippen molar-refractivity contribution >= 4 is 27.5 Å². The molecule has 0 unspecified atom stereocenters. The highest BCUT2D eigenvalue weighted by Gasteiger charge is 2.32. The first kappa shape index (κ1) is 30.7. The Hall–Kier alpha value is -3.85. The van der Waals surface area contributed by atoms with Crippen LogP contribution in [-0.2, 0) is 26.0 Å². The number of ether oxygens (including phenoxy) is 1. The summed E-state index contributed by atoms with van der Waals surface area (Å²) >= 11 is 0. The Labute approximate surface area is 238 Å². The smallest absolute Gasteiger partial charge is 0.264 e. The van der Waals surface area contributed by atoms with Crippen molar-refractivity contribution in [3.63, 3.8) is 0 Å². The van der Waals surface area contributed by atoms with Gasteiger partial charge in [0.2, 0.25) is 11.8 Å². The molecule has 0 saturated heterocycles. The van der Waals surface area contributed by atoms with Gasteiger partial charge in [0.05, 0.1) is 17.7 Å². The van der Waals surface area contributed by atoms with Crippen LogP contribution in [0.25, 0.3) is 0 Å². The van der Waals surface area contributed by atoms with Gasteiger partial charge in [0.15, 0.2) is 0 Å². The van der Waals surface area contributed by atoms with Gasteiger partial charge in [0.25, 0.3) is 10.0 Å². The summed E-state index contributed by atoms with van der Waals surface area (Å²) in [4.78, 5) is 28.4. The molecule has 40 heavy (non-hydrogen) atoms. The molecule has 0 heterocycles. The lowest BCUT2D eigenvalue weighted by atomic mass is 10.1. The Bertz CT molecular complexity index is 1340. The van der Waals surface area contributed by atoms with E-state index in [1.807, 2.05) is 44.2 Å². The molecule has 0 bridgehead atoms. The Morgan fingerprint density at radius 3 is 2.20 bits per heavy atom. The molecule has 0 aliphatic rings. The minimum absolute atomic E-state index is 0.0721. The quantitative estimate of drug-likeness (QED) is 0.289. The number of carbonyl (C=O) groups is 2. The largest absolute Gasteiger partial charge is 0.497 e. The third-order valence-electron chi connectivity index (χ3n) is 6.73. The summed E-state index contributed by atoms with van der Waals surface area (Å²) in [7, 11) is -2.58. The molecule has 3 rings (SSSR count). The topological polar surface area (TPSA) is 96.0 Å². The number of anilines is 1. The molecule has 0 saturated carbocycles. The van der Waals surface area contributed by atoms with Gasteiger partial charge in [-0.1, -0.05) is 61.4 Å². The van der Waals surface area contributed by atoms with E-state index in [9.17, 15) is 18.0 Å². The zero-order valence-electron chi connectivity index (χ0n) is 23.7. The molecule has 0 fully saturated rings. The number of rotatable bonds is 14. The summed E-state index contributed by atoms with van der Waals surface area (Å²) in [5.74, 6) is -0.183. The summed E-state index contributed by atoms with van der Waals surface area (Å²) in [6.45, 7) is 5.89. The summed E-state index contributed by atoms with van der Waals surface area (Å²) in [5.41, 5.74) is 2.25. The van der Waals surface area contributed by atoms with Crippen LogP contribution in [0.5, 0.6) is 5.75 Å². The highest BCUT2D eigenvalue weighted by Crippen LogP contribution is 2.26. The number of hydrogen-bond donors (Lipinski definition) is 1. The lowest BCUT2D eigenvalue weighted by Crippen LogP contribution is -2.52. The molecule has 3 aromatic carbocycles. The van der Waals surface area contributed by atoms with E-state index in [4.69, 9.17) is 4.74 Å². The maximum atomic E-state index is 13.9. The van der Waals surface area contributed by atoms with Crippen molar-refractivity contribution in [3.05, 3.63) is 90.0 Å². The fraction of sp³-hybridized carbons (Fsp3) is 0.355. The van der Waals surface area contributed by atoms with Gasteiger partial charge in [0.1, 0.15) is 18.3 Å². The zero-order valence-corrected chi connectivity index (χ0v) is 24.5. The molecule has 1 N–H and O–H groups in total. The molecule has 1 atom stereocenters. The number of nitrogens with zero attached hydrogens (tertiary/aromatic N) is 2. The minimum atomic E-state index is -4.11. The fourth-order valence-corrected chi connectivity index (χ4v) is 5.64. The lowest BCUT2D eigenvalue weighted by Gasteiger charge is -2.32. The first-order valence-corrected chi connectivity index (χ1v) is 15.0. The van der Waals surface area contributed by atoms with Crippen molar-refractivity contribution in [2.45, 2.75) is 51.0 Å². The number of amides is 2. The second-order valence-corrected chi connectivity index (χ2v) is 11.5. The number of methoxy groups -OCH3 is 1. The zero-order chi connectivity index (χ0) is 29.1. The first-order valence-electron chi connectivity index (χ1n) is 13.5. The minimum Gasteiger partial charge on any atom is -0.497 e. The molecule has 0 spiro atoms. The summed E-state index contributed by atoms with van der Waals surface area (Å²) in [6.07, 6.45) is 2.28. The molecule has 0 radical (unpaired) electrons. The maximum absolute atomic E-state index is 13.9. The number of sulfonamides is 1. The predicted octanol–water partition coefficient (Wildman–Crippen LogP) is 4.58. The number of hydrogen-bond acceptors (Lipinski definition) is 5. The molecule has 9 heteroatoms. The average molecular weight is 566 g/mol. The molecule has 214 valence electrons. The van der Waals surface area contributed by atoms with Crippen molar-refractivity contribution in [1.29, 1.82) is 0 Å². The number of unbranched alkanes of at least 4 members (excludes halogenated alkanes) is 1. The van der Waals surface area contributed by atoms with E-state index in [-0.39, 0.29) is 17.3 Å².